The van der Waals surface area contributed by atoms with Crippen molar-refractivity contribution in [3.8, 4) is 0 Å². The van der Waals surface area contributed by atoms with Crippen LogP contribution in [-0.4, -0.2) is 13.2 Å². The Morgan fingerprint density at radius 2 is 1.29 bits per heavy atom. The summed E-state index contributed by atoms with van der Waals surface area (Å²) in [5.74, 6) is -0.0972. The number of benzene rings is 1. The number of nitrogens with one attached hydrogen (secondary N) is 1. The molecule has 1 N–H and O–H groups in total. The molecule has 0 atom stereocenters. The Bertz CT molecular complexity index is 686. The summed E-state index contributed by atoms with van der Waals surface area (Å²) in [6.45, 7) is 8.02. The Labute approximate surface area is 138 Å². The number of rotatable bonds is 2. The number of nitrogens with zero attached hydrogens (tertiary/aromatic N) is 1. The molecular weight excluding hydrogens is 323 g/mol. The minimum atomic E-state index is -6.00. The molecule has 2 aromatic rings. The van der Waals surface area contributed by atoms with Crippen molar-refractivity contribution in [2.75, 3.05) is 5.43 Å². The van der Waals surface area contributed by atoms with Gasteiger partial charge in [-0.3, -0.25) is 4.79 Å². The second-order valence-electron chi connectivity index (χ2n) is 5.45. The monoisotopic (exact) mass is 342 g/mol. The molecule has 8 heteroatoms. The van der Waals surface area contributed by atoms with Crippen molar-refractivity contribution >= 4 is 13.2 Å². The van der Waals surface area contributed by atoms with E-state index in [4.69, 9.17) is 0 Å². The van der Waals surface area contributed by atoms with Gasteiger partial charge in [-0.25, -0.2) is 0 Å². The van der Waals surface area contributed by atoms with Crippen molar-refractivity contribution in [1.82, 2.24) is 0 Å². The van der Waals surface area contributed by atoms with Crippen molar-refractivity contribution in [1.29, 1.82) is 0 Å². The van der Waals surface area contributed by atoms with Gasteiger partial charge >= 0.3 is 13.2 Å². The summed E-state index contributed by atoms with van der Waals surface area (Å²) in [4.78, 5) is 12.2. The van der Waals surface area contributed by atoms with Gasteiger partial charge in [-0.15, -0.1) is 5.43 Å². The summed E-state index contributed by atoms with van der Waals surface area (Å²) >= 11 is 0. The molecule has 0 aliphatic heterocycles. The van der Waals surface area contributed by atoms with Crippen LogP contribution in [-0.2, 0) is 0 Å². The lowest BCUT2D eigenvalue weighted by Gasteiger charge is -2.06. The highest BCUT2D eigenvalue weighted by Crippen LogP contribution is 2.06. The van der Waals surface area contributed by atoms with E-state index in [2.05, 4.69) is 5.43 Å². The standard InChI is InChI=1S/C16H18N2O.BF4/c1-11-5-7-15(8-6-11)16(19)17-18-13(3)9-12(2)10-14(18)4;2-1(3,4)5/h5-10H,1-4H3;/q;-1/p+1. The van der Waals surface area contributed by atoms with Gasteiger partial charge in [0, 0.05) is 31.5 Å². The van der Waals surface area contributed by atoms with Crippen LogP contribution in [0.15, 0.2) is 36.4 Å². The van der Waals surface area contributed by atoms with Gasteiger partial charge in [0.25, 0.3) is 0 Å². The van der Waals surface area contributed by atoms with E-state index in [1.807, 2.05) is 68.8 Å². The fraction of sp³-hybridized carbons (Fsp3) is 0.250. The number of hydrogen-bond donors (Lipinski definition) is 1. The van der Waals surface area contributed by atoms with E-state index in [0.29, 0.717) is 5.56 Å². The van der Waals surface area contributed by atoms with Crippen molar-refractivity contribution in [2.24, 2.45) is 0 Å². The summed E-state index contributed by atoms with van der Waals surface area (Å²) in [5, 5.41) is 0. The fourth-order valence-electron chi connectivity index (χ4n) is 2.16. The molecule has 1 aromatic carbocycles. The maximum atomic E-state index is 12.2. The van der Waals surface area contributed by atoms with Gasteiger partial charge in [-0.05, 0) is 31.5 Å². The second kappa shape index (κ2) is 7.94. The maximum Gasteiger partial charge on any atom is 0.673 e. The molecule has 0 unspecified atom stereocenters. The summed E-state index contributed by atoms with van der Waals surface area (Å²) in [5.41, 5.74) is 7.94. The van der Waals surface area contributed by atoms with E-state index in [1.54, 1.807) is 0 Å². The van der Waals surface area contributed by atoms with Crippen molar-refractivity contribution in [3.05, 3.63) is 64.5 Å². The van der Waals surface area contributed by atoms with Gasteiger partial charge in [0.15, 0.2) is 0 Å². The molecule has 24 heavy (non-hydrogen) atoms. The number of hydrogen-bond acceptors (Lipinski definition) is 1. The lowest BCUT2D eigenvalue weighted by atomic mass is 10.1. The number of pyridine rings is 1. The highest BCUT2D eigenvalue weighted by atomic mass is 19.5. The Balaban J connectivity index is 0.000000505. The first kappa shape index (κ1) is 19.7. The van der Waals surface area contributed by atoms with Crippen LogP contribution in [0.3, 0.4) is 0 Å². The Hall–Kier alpha value is -2.38. The zero-order valence-electron chi connectivity index (χ0n) is 13.9. The SMILES string of the molecule is Cc1ccc(C(=O)N[n+]2c(C)cc(C)cc2C)cc1.F[B-](F)(F)F. The van der Waals surface area contributed by atoms with Crippen molar-refractivity contribution < 1.29 is 26.7 Å². The molecule has 2 rings (SSSR count). The van der Waals surface area contributed by atoms with Gasteiger partial charge in [0.1, 0.15) is 0 Å². The van der Waals surface area contributed by atoms with Crippen LogP contribution in [0.5, 0.6) is 0 Å². The largest absolute Gasteiger partial charge is 0.673 e. The number of halogens is 4. The van der Waals surface area contributed by atoms with Gasteiger partial charge in [-0.2, -0.15) is 0 Å². The lowest BCUT2D eigenvalue weighted by molar-refractivity contribution is -0.654. The highest BCUT2D eigenvalue weighted by molar-refractivity contribution is 6.50. The molecule has 1 aromatic heterocycles. The molecule has 130 valence electrons. The third-order valence-electron chi connectivity index (χ3n) is 3.11. The molecule has 3 nitrogen and oxygen atoms in total. The molecule has 1 amide bonds. The summed E-state index contributed by atoms with van der Waals surface area (Å²) in [6.07, 6.45) is 0. The van der Waals surface area contributed by atoms with Crippen LogP contribution in [0.25, 0.3) is 0 Å². The summed E-state index contributed by atoms with van der Waals surface area (Å²) in [7, 11) is -6.00. The Morgan fingerprint density at radius 1 is 0.875 bits per heavy atom. The van der Waals surface area contributed by atoms with Crippen LogP contribution >= 0.6 is 0 Å². The smallest absolute Gasteiger partial charge is 0.418 e. The first-order valence-electron chi connectivity index (χ1n) is 7.22. The van der Waals surface area contributed by atoms with Gasteiger partial charge in [0.05, 0.1) is 0 Å². The number of aromatic nitrogens is 1. The highest BCUT2D eigenvalue weighted by Gasteiger charge is 2.20. The Morgan fingerprint density at radius 3 is 1.71 bits per heavy atom. The zero-order valence-corrected chi connectivity index (χ0v) is 13.9. The van der Waals surface area contributed by atoms with E-state index >= 15 is 0 Å². The van der Waals surface area contributed by atoms with Gasteiger partial charge < -0.3 is 17.3 Å². The predicted molar refractivity (Wildman–Crippen MR) is 85.9 cm³/mol. The normalized spacial score (nSPS) is 10.7. The molecule has 0 spiro atoms. The van der Waals surface area contributed by atoms with Crippen LogP contribution in [0, 0.1) is 27.7 Å². The summed E-state index contributed by atoms with van der Waals surface area (Å²) < 4.78 is 40.8. The topological polar surface area (TPSA) is 33.0 Å². The van der Waals surface area contributed by atoms with Crippen molar-refractivity contribution in [3.63, 3.8) is 0 Å². The molecule has 0 aliphatic rings. The quantitative estimate of drug-likeness (QED) is 0.501. The van der Waals surface area contributed by atoms with Crippen LogP contribution in [0.1, 0.15) is 32.9 Å². The molecule has 0 saturated carbocycles. The predicted octanol–water partition coefficient (Wildman–Crippen LogP) is 3.89. The third-order valence-corrected chi connectivity index (χ3v) is 3.11. The minimum Gasteiger partial charge on any atom is -0.418 e. The maximum absolute atomic E-state index is 12.2. The number of carbonyl (C=O) groups is 1. The first-order chi connectivity index (χ1) is 11.0. The van der Waals surface area contributed by atoms with E-state index in [9.17, 15) is 22.1 Å². The van der Waals surface area contributed by atoms with Crippen LogP contribution in [0.4, 0.5) is 17.3 Å². The molecule has 0 bridgehead atoms. The average molecular weight is 342 g/mol. The average Bonchev–Trinajstić information content (AvgIpc) is 2.41. The van der Waals surface area contributed by atoms with E-state index < -0.39 is 7.25 Å². The molecule has 0 saturated heterocycles. The summed E-state index contributed by atoms with van der Waals surface area (Å²) in [6, 6.07) is 11.6. The zero-order chi connectivity index (χ0) is 18.5. The van der Waals surface area contributed by atoms with Gasteiger partial charge in [0.2, 0.25) is 11.4 Å². The molecule has 0 aliphatic carbocycles. The number of aryl methyl sites for hydroxylation is 4. The fourth-order valence-corrected chi connectivity index (χ4v) is 2.16. The van der Waals surface area contributed by atoms with E-state index in [-0.39, 0.29) is 5.91 Å². The third kappa shape index (κ3) is 6.81. The molecule has 1 heterocycles. The van der Waals surface area contributed by atoms with Crippen molar-refractivity contribution in [2.45, 2.75) is 27.7 Å². The number of carbonyl (C=O) groups excluding carboxylic acids is 1. The number of amides is 1. The minimum absolute atomic E-state index is 0.0972. The molecule has 0 fully saturated rings. The van der Waals surface area contributed by atoms with Gasteiger partial charge in [-0.1, -0.05) is 22.4 Å². The first-order valence-corrected chi connectivity index (χ1v) is 7.22. The Kier molecular flexibility index (Phi) is 6.51. The van der Waals surface area contributed by atoms with Crippen LogP contribution < -0.4 is 10.1 Å². The molecular formula is C16H19BF4N2O. The van der Waals surface area contributed by atoms with Crippen LogP contribution in [0.2, 0.25) is 0 Å². The van der Waals surface area contributed by atoms with E-state index in [0.717, 1.165) is 17.0 Å². The second-order valence-corrected chi connectivity index (χ2v) is 5.45. The lowest BCUT2D eigenvalue weighted by Crippen LogP contribution is -2.52. The molecule has 0 radical (unpaired) electrons. The van der Waals surface area contributed by atoms with E-state index in [1.165, 1.54) is 5.56 Å².